The number of aromatic nitrogens is 2. The number of thioether (sulfide) groups is 1. The van der Waals surface area contributed by atoms with Crippen molar-refractivity contribution >= 4 is 34.8 Å². The number of carbonyl (C=O) groups is 1. The van der Waals surface area contributed by atoms with Crippen molar-refractivity contribution in [3.05, 3.63) is 101 Å². The molecule has 0 aliphatic rings. The first kappa shape index (κ1) is 25.7. The Bertz CT molecular complexity index is 1510. The van der Waals surface area contributed by atoms with Crippen molar-refractivity contribution in [1.29, 1.82) is 0 Å². The Hall–Kier alpha value is -4.37. The van der Waals surface area contributed by atoms with E-state index in [1.54, 1.807) is 66.7 Å². The third kappa shape index (κ3) is 6.07. The highest BCUT2D eigenvalue weighted by Crippen LogP contribution is 2.23. The van der Waals surface area contributed by atoms with Crippen LogP contribution < -0.4 is 15.7 Å². The molecule has 1 heterocycles. The number of hydrogen-bond acceptors (Lipinski definition) is 7. The van der Waals surface area contributed by atoms with Crippen LogP contribution in [0.5, 0.6) is 11.5 Å². The van der Waals surface area contributed by atoms with Crippen LogP contribution in [-0.4, -0.2) is 39.1 Å². The molecule has 0 bridgehead atoms. The Morgan fingerprint density at radius 3 is 2.70 bits per heavy atom. The van der Waals surface area contributed by atoms with Gasteiger partial charge in [0.1, 0.15) is 11.5 Å². The summed E-state index contributed by atoms with van der Waals surface area (Å²) in [5.41, 5.74) is 4.59. The second-order valence-electron chi connectivity index (χ2n) is 7.91. The Morgan fingerprint density at radius 1 is 1.16 bits per heavy atom. The number of ether oxygens (including phenoxy) is 1. The standard InChI is InChI=1S/C28H26N4O4S/c1-3-8-19-9-7-10-20(26(19)34)17-29-31-25(33)18-37-28-30-24-12-6-5-11-23(24)27(35)32(28)21-13-15-22(16-14-21)36-4-2/h3,5-7,9-17,34H,1,4,8,18H2,2H3,(H,31,33). The maximum Gasteiger partial charge on any atom is 0.266 e. The zero-order valence-electron chi connectivity index (χ0n) is 20.3. The van der Waals surface area contributed by atoms with Gasteiger partial charge in [-0.2, -0.15) is 5.10 Å². The molecule has 0 saturated heterocycles. The number of aromatic hydroxyl groups is 1. The Labute approximate surface area is 218 Å². The minimum atomic E-state index is -0.386. The molecule has 4 aromatic rings. The second-order valence-corrected chi connectivity index (χ2v) is 8.85. The van der Waals surface area contributed by atoms with E-state index in [9.17, 15) is 14.7 Å². The van der Waals surface area contributed by atoms with E-state index in [1.165, 1.54) is 10.8 Å². The molecule has 37 heavy (non-hydrogen) atoms. The molecule has 0 atom stereocenters. The number of rotatable bonds is 10. The lowest BCUT2D eigenvalue weighted by Gasteiger charge is -2.13. The molecule has 8 nitrogen and oxygen atoms in total. The molecule has 0 spiro atoms. The number of phenols is 1. The molecule has 188 valence electrons. The number of fused-ring (bicyclic) bond motifs is 1. The van der Waals surface area contributed by atoms with Crippen LogP contribution in [0.1, 0.15) is 18.1 Å². The summed E-state index contributed by atoms with van der Waals surface area (Å²) in [6.45, 7) is 6.12. The van der Waals surface area contributed by atoms with Gasteiger partial charge in [0.2, 0.25) is 0 Å². The smallest absolute Gasteiger partial charge is 0.266 e. The van der Waals surface area contributed by atoms with Gasteiger partial charge in [0.15, 0.2) is 5.16 Å². The van der Waals surface area contributed by atoms with Gasteiger partial charge in [-0.25, -0.2) is 10.4 Å². The van der Waals surface area contributed by atoms with Gasteiger partial charge in [-0.15, -0.1) is 6.58 Å². The highest BCUT2D eigenvalue weighted by atomic mass is 32.2. The van der Waals surface area contributed by atoms with E-state index < -0.39 is 0 Å². The van der Waals surface area contributed by atoms with Crippen LogP contribution in [0.15, 0.2) is 94.4 Å². The van der Waals surface area contributed by atoms with Crippen LogP contribution in [0.2, 0.25) is 0 Å². The summed E-state index contributed by atoms with van der Waals surface area (Å²) in [4.78, 5) is 30.5. The largest absolute Gasteiger partial charge is 0.507 e. The highest BCUT2D eigenvalue weighted by molar-refractivity contribution is 7.99. The van der Waals surface area contributed by atoms with Crippen LogP contribution in [0.3, 0.4) is 0 Å². The van der Waals surface area contributed by atoms with Gasteiger partial charge in [0.25, 0.3) is 11.5 Å². The molecule has 0 fully saturated rings. The number of hydrogen-bond donors (Lipinski definition) is 2. The normalized spacial score (nSPS) is 11.1. The number of nitrogens with one attached hydrogen (secondary N) is 1. The maximum atomic E-state index is 13.4. The third-order valence-corrected chi connectivity index (χ3v) is 6.33. The molecule has 1 amide bonds. The van der Waals surface area contributed by atoms with Crippen molar-refractivity contribution in [3.8, 4) is 17.2 Å². The van der Waals surface area contributed by atoms with Gasteiger partial charge < -0.3 is 9.84 Å². The quantitative estimate of drug-likeness (QED) is 0.106. The fourth-order valence-corrected chi connectivity index (χ4v) is 4.47. The number of benzene rings is 3. The average Bonchev–Trinajstić information content (AvgIpc) is 2.91. The van der Waals surface area contributed by atoms with Crippen molar-refractivity contribution in [2.75, 3.05) is 12.4 Å². The van der Waals surface area contributed by atoms with Gasteiger partial charge >= 0.3 is 0 Å². The minimum Gasteiger partial charge on any atom is -0.507 e. The van der Waals surface area contributed by atoms with Crippen LogP contribution in [0.25, 0.3) is 16.6 Å². The average molecular weight is 515 g/mol. The van der Waals surface area contributed by atoms with Crippen molar-refractivity contribution in [1.82, 2.24) is 15.0 Å². The van der Waals surface area contributed by atoms with Crippen molar-refractivity contribution < 1.29 is 14.6 Å². The number of amides is 1. The zero-order chi connectivity index (χ0) is 26.2. The molecule has 4 rings (SSSR count). The first-order valence-electron chi connectivity index (χ1n) is 11.6. The lowest BCUT2D eigenvalue weighted by molar-refractivity contribution is -0.118. The molecule has 0 aliphatic heterocycles. The Balaban J connectivity index is 1.54. The molecule has 0 radical (unpaired) electrons. The van der Waals surface area contributed by atoms with Crippen molar-refractivity contribution in [3.63, 3.8) is 0 Å². The van der Waals surface area contributed by atoms with Gasteiger partial charge in [-0.05, 0) is 61.4 Å². The lowest BCUT2D eigenvalue weighted by atomic mass is 10.1. The van der Waals surface area contributed by atoms with Crippen LogP contribution in [0.4, 0.5) is 0 Å². The van der Waals surface area contributed by atoms with E-state index in [0.29, 0.717) is 46.1 Å². The molecule has 0 saturated carbocycles. The topological polar surface area (TPSA) is 106 Å². The van der Waals surface area contributed by atoms with Gasteiger partial charge in [-0.3, -0.25) is 14.2 Å². The van der Waals surface area contributed by atoms with E-state index >= 15 is 0 Å². The predicted octanol–water partition coefficient (Wildman–Crippen LogP) is 4.46. The van der Waals surface area contributed by atoms with Gasteiger partial charge in [0.05, 0.1) is 35.2 Å². The van der Waals surface area contributed by atoms with E-state index in [-0.39, 0.29) is 23.0 Å². The number of para-hydroxylation sites is 2. The summed E-state index contributed by atoms with van der Waals surface area (Å²) in [7, 11) is 0. The molecule has 1 aromatic heterocycles. The van der Waals surface area contributed by atoms with Crippen LogP contribution in [-0.2, 0) is 11.2 Å². The SMILES string of the molecule is C=CCc1cccc(C=NNC(=O)CSc2nc3ccccc3c(=O)n2-c2ccc(OCC)cc2)c1O. The Kier molecular flexibility index (Phi) is 8.37. The molecular weight excluding hydrogens is 488 g/mol. The van der Waals surface area contributed by atoms with E-state index in [4.69, 9.17) is 4.74 Å². The van der Waals surface area contributed by atoms with Crippen molar-refractivity contribution in [2.24, 2.45) is 5.10 Å². The molecular formula is C28H26N4O4S. The van der Waals surface area contributed by atoms with E-state index in [1.807, 2.05) is 13.0 Å². The summed E-state index contributed by atoms with van der Waals surface area (Å²) in [5.74, 6) is 0.375. The minimum absolute atomic E-state index is 0.0262. The predicted molar refractivity (Wildman–Crippen MR) is 147 cm³/mol. The zero-order valence-corrected chi connectivity index (χ0v) is 21.1. The van der Waals surface area contributed by atoms with E-state index in [0.717, 1.165) is 17.3 Å². The number of carbonyl (C=O) groups excluding carboxylic acids is 1. The highest BCUT2D eigenvalue weighted by Gasteiger charge is 2.15. The van der Waals surface area contributed by atoms with Gasteiger partial charge in [-0.1, -0.05) is 42.1 Å². The lowest BCUT2D eigenvalue weighted by Crippen LogP contribution is -2.24. The summed E-state index contributed by atoms with van der Waals surface area (Å²) in [5, 5.41) is 15.2. The second kappa shape index (κ2) is 12.0. The molecule has 0 unspecified atom stereocenters. The first-order chi connectivity index (χ1) is 18.0. The number of hydrazone groups is 1. The van der Waals surface area contributed by atoms with Crippen molar-refractivity contribution in [2.45, 2.75) is 18.5 Å². The van der Waals surface area contributed by atoms with E-state index in [2.05, 4.69) is 22.1 Å². The molecule has 3 aromatic carbocycles. The number of allylic oxidation sites excluding steroid dienone is 1. The number of phenolic OH excluding ortho intramolecular Hbond substituents is 1. The van der Waals surface area contributed by atoms with Crippen LogP contribution in [0, 0.1) is 0 Å². The summed E-state index contributed by atoms with van der Waals surface area (Å²) in [6, 6.07) is 19.5. The summed E-state index contributed by atoms with van der Waals surface area (Å²) >= 11 is 1.13. The monoisotopic (exact) mass is 514 g/mol. The number of nitrogens with zero attached hydrogens (tertiary/aromatic N) is 3. The molecule has 0 aliphatic carbocycles. The molecule has 2 N–H and O–H groups in total. The fraction of sp³-hybridized carbons (Fsp3) is 0.143. The first-order valence-corrected chi connectivity index (χ1v) is 12.6. The third-order valence-electron chi connectivity index (χ3n) is 5.39. The molecule has 9 heteroatoms. The van der Waals surface area contributed by atoms with Gasteiger partial charge in [0, 0.05) is 5.56 Å². The summed E-state index contributed by atoms with van der Waals surface area (Å²) < 4.78 is 7.00. The fourth-order valence-electron chi connectivity index (χ4n) is 3.67. The van der Waals surface area contributed by atoms with Crippen LogP contribution >= 0.6 is 11.8 Å². The maximum absolute atomic E-state index is 13.4. The summed E-state index contributed by atoms with van der Waals surface area (Å²) in [6.07, 6.45) is 3.60. The Morgan fingerprint density at radius 2 is 1.95 bits per heavy atom.